The third-order valence-corrected chi connectivity index (χ3v) is 5.27. The highest BCUT2D eigenvalue weighted by molar-refractivity contribution is 6.30. The van der Waals surface area contributed by atoms with Crippen LogP contribution in [0.5, 0.6) is 17.2 Å². The van der Waals surface area contributed by atoms with Crippen molar-refractivity contribution in [3.63, 3.8) is 0 Å². The molecule has 0 spiro atoms. The molecule has 0 amide bonds. The smallest absolute Gasteiger partial charge is 0.453 e. The monoisotopic (exact) mass is 456 g/mol. The van der Waals surface area contributed by atoms with Gasteiger partial charge in [-0.3, -0.25) is 4.79 Å². The van der Waals surface area contributed by atoms with E-state index in [4.69, 9.17) is 25.5 Å². The molecule has 2 heterocycles. The molecular weight excluding hydrogens is 439 g/mol. The van der Waals surface area contributed by atoms with Crippen molar-refractivity contribution in [2.24, 2.45) is 0 Å². The second kappa shape index (κ2) is 8.41. The predicted octanol–water partition coefficient (Wildman–Crippen LogP) is 3.38. The van der Waals surface area contributed by atoms with E-state index >= 15 is 0 Å². The summed E-state index contributed by atoms with van der Waals surface area (Å²) in [5.41, 5.74) is -1.16. The number of halogens is 4. The Morgan fingerprint density at radius 2 is 1.77 bits per heavy atom. The average Bonchev–Trinajstić information content (AvgIpc) is 2.73. The number of benzene rings is 2. The lowest BCUT2D eigenvalue weighted by Crippen LogP contribution is -3.12. The quantitative estimate of drug-likeness (QED) is 0.629. The number of phenols is 1. The van der Waals surface area contributed by atoms with E-state index in [0.29, 0.717) is 31.3 Å². The van der Waals surface area contributed by atoms with Gasteiger partial charge >= 0.3 is 6.18 Å². The second-order valence-corrected chi connectivity index (χ2v) is 7.56. The number of phenolic OH excluding ortho intramolecular Hbond substituents is 1. The molecule has 0 radical (unpaired) electrons. The van der Waals surface area contributed by atoms with E-state index in [2.05, 4.69) is 0 Å². The zero-order valence-corrected chi connectivity index (χ0v) is 16.8. The highest BCUT2D eigenvalue weighted by Crippen LogP contribution is 2.39. The fourth-order valence-electron chi connectivity index (χ4n) is 3.44. The van der Waals surface area contributed by atoms with Crippen LogP contribution in [0.25, 0.3) is 11.0 Å². The van der Waals surface area contributed by atoms with Crippen LogP contribution in [0.2, 0.25) is 5.02 Å². The minimum atomic E-state index is -5.00. The normalized spacial score (nSPS) is 15.4. The van der Waals surface area contributed by atoms with Gasteiger partial charge in [-0.2, -0.15) is 13.2 Å². The first-order valence-electron chi connectivity index (χ1n) is 9.47. The van der Waals surface area contributed by atoms with Crippen molar-refractivity contribution in [3.8, 4) is 17.2 Å². The first-order chi connectivity index (χ1) is 14.7. The number of aromatic hydroxyl groups is 1. The van der Waals surface area contributed by atoms with Crippen LogP contribution in [0.4, 0.5) is 13.2 Å². The van der Waals surface area contributed by atoms with E-state index < -0.39 is 23.1 Å². The third kappa shape index (κ3) is 4.48. The van der Waals surface area contributed by atoms with E-state index in [1.807, 2.05) is 0 Å². The molecule has 2 N–H and O–H groups in total. The van der Waals surface area contributed by atoms with Crippen LogP contribution >= 0.6 is 11.6 Å². The summed E-state index contributed by atoms with van der Waals surface area (Å²) >= 11 is 5.79. The fraction of sp³-hybridized carbons (Fsp3) is 0.286. The van der Waals surface area contributed by atoms with Gasteiger partial charge in [-0.05, 0) is 36.4 Å². The Hall–Kier alpha value is -2.75. The van der Waals surface area contributed by atoms with Crippen LogP contribution < -0.4 is 15.1 Å². The second-order valence-electron chi connectivity index (χ2n) is 7.12. The number of rotatable bonds is 4. The molecule has 1 saturated heterocycles. The molecule has 164 valence electrons. The Kier molecular flexibility index (Phi) is 5.83. The molecule has 1 fully saturated rings. The number of hydrogen-bond acceptors (Lipinski definition) is 5. The lowest BCUT2D eigenvalue weighted by molar-refractivity contribution is -0.921. The minimum absolute atomic E-state index is 0.00156. The maximum Gasteiger partial charge on any atom is 0.453 e. The van der Waals surface area contributed by atoms with Gasteiger partial charge in [-0.1, -0.05) is 11.6 Å². The van der Waals surface area contributed by atoms with Crippen LogP contribution in [0.15, 0.2) is 45.6 Å². The van der Waals surface area contributed by atoms with Gasteiger partial charge in [0.1, 0.15) is 31.1 Å². The van der Waals surface area contributed by atoms with Crippen molar-refractivity contribution in [1.29, 1.82) is 0 Å². The Morgan fingerprint density at radius 1 is 1.10 bits per heavy atom. The van der Waals surface area contributed by atoms with Gasteiger partial charge in [-0.25, -0.2) is 0 Å². The van der Waals surface area contributed by atoms with Crippen LogP contribution in [-0.2, 0) is 17.5 Å². The molecule has 2 aromatic carbocycles. The predicted molar refractivity (Wildman–Crippen MR) is 106 cm³/mol. The SMILES string of the molecule is O=c1c(Oc2ccc(Cl)cc2)c(C(F)(F)F)oc2c(C[NH+]3CCOCC3)c(O)ccc12. The summed E-state index contributed by atoms with van der Waals surface area (Å²) in [5.74, 6) is -2.78. The van der Waals surface area contributed by atoms with E-state index in [9.17, 15) is 23.1 Å². The number of morpholine rings is 1. The van der Waals surface area contributed by atoms with E-state index in [1.165, 1.54) is 36.4 Å². The summed E-state index contributed by atoms with van der Waals surface area (Å²) in [5, 5.41) is 10.6. The van der Waals surface area contributed by atoms with E-state index in [-0.39, 0.29) is 34.6 Å². The molecule has 0 bridgehead atoms. The van der Waals surface area contributed by atoms with Gasteiger partial charge in [0.15, 0.2) is 5.58 Å². The van der Waals surface area contributed by atoms with Crippen molar-refractivity contribution in [1.82, 2.24) is 0 Å². The molecule has 1 aliphatic heterocycles. The molecule has 3 aromatic rings. The first kappa shape index (κ1) is 21.5. The molecule has 4 rings (SSSR count). The summed E-state index contributed by atoms with van der Waals surface area (Å²) in [6.07, 6.45) is -5.00. The van der Waals surface area contributed by atoms with Crippen LogP contribution in [0.3, 0.4) is 0 Å². The van der Waals surface area contributed by atoms with Crippen molar-refractivity contribution >= 4 is 22.6 Å². The van der Waals surface area contributed by atoms with Crippen molar-refractivity contribution in [2.75, 3.05) is 26.3 Å². The summed E-state index contributed by atoms with van der Waals surface area (Å²) in [7, 11) is 0. The van der Waals surface area contributed by atoms with Crippen LogP contribution in [0.1, 0.15) is 11.3 Å². The van der Waals surface area contributed by atoms with Gasteiger partial charge < -0.3 is 23.9 Å². The topological polar surface area (TPSA) is 73.3 Å². The summed E-state index contributed by atoms with van der Waals surface area (Å²) in [6.45, 7) is 2.41. The molecule has 0 aliphatic carbocycles. The highest BCUT2D eigenvalue weighted by Gasteiger charge is 2.41. The Morgan fingerprint density at radius 3 is 2.42 bits per heavy atom. The van der Waals surface area contributed by atoms with Gasteiger partial charge in [0.05, 0.1) is 24.2 Å². The maximum atomic E-state index is 13.8. The zero-order valence-electron chi connectivity index (χ0n) is 16.1. The van der Waals surface area contributed by atoms with E-state index in [0.717, 1.165) is 4.90 Å². The Labute approximate surface area is 179 Å². The fourth-order valence-corrected chi connectivity index (χ4v) is 3.57. The Balaban J connectivity index is 1.87. The molecule has 6 nitrogen and oxygen atoms in total. The molecule has 0 atom stereocenters. The molecule has 0 unspecified atom stereocenters. The number of nitrogens with one attached hydrogen (secondary N) is 1. The van der Waals surface area contributed by atoms with Crippen molar-refractivity contribution in [3.05, 3.63) is 63.0 Å². The average molecular weight is 457 g/mol. The summed E-state index contributed by atoms with van der Waals surface area (Å²) in [4.78, 5) is 14.0. The van der Waals surface area contributed by atoms with Gasteiger partial charge in [0.25, 0.3) is 5.76 Å². The highest BCUT2D eigenvalue weighted by atomic mass is 35.5. The standard InChI is InChI=1S/C21H17ClF3NO5/c22-12-1-3-13(4-2-12)30-19-17(28)14-5-6-16(27)15(11-26-7-9-29-10-8-26)18(14)31-20(19)21(23,24)25/h1-6,27H,7-11H2/p+1. The minimum Gasteiger partial charge on any atom is -0.507 e. The largest absolute Gasteiger partial charge is 0.507 e. The van der Waals surface area contributed by atoms with Crippen molar-refractivity contribution in [2.45, 2.75) is 12.7 Å². The number of alkyl halides is 3. The number of ether oxygens (including phenoxy) is 2. The molecule has 0 saturated carbocycles. The summed E-state index contributed by atoms with van der Waals surface area (Å²) in [6, 6.07) is 8.03. The van der Waals surface area contributed by atoms with E-state index in [1.54, 1.807) is 0 Å². The number of quaternary nitrogens is 1. The lowest BCUT2D eigenvalue weighted by Gasteiger charge is -2.24. The maximum absolute atomic E-state index is 13.8. The van der Waals surface area contributed by atoms with Crippen molar-refractivity contribution < 1.29 is 37.1 Å². The molecular formula is C21H18ClF3NO5+. The molecule has 31 heavy (non-hydrogen) atoms. The van der Waals surface area contributed by atoms with Crippen LogP contribution in [-0.4, -0.2) is 31.4 Å². The molecule has 10 heteroatoms. The van der Waals surface area contributed by atoms with Gasteiger partial charge in [0, 0.05) is 5.02 Å². The van der Waals surface area contributed by atoms with Gasteiger partial charge in [-0.15, -0.1) is 0 Å². The van der Waals surface area contributed by atoms with Gasteiger partial charge in [0.2, 0.25) is 11.2 Å². The molecule has 1 aliphatic rings. The van der Waals surface area contributed by atoms with Crippen LogP contribution in [0, 0.1) is 0 Å². The zero-order chi connectivity index (χ0) is 22.2. The first-order valence-corrected chi connectivity index (χ1v) is 9.85. The Bertz CT molecular complexity index is 1150. The molecule has 1 aromatic heterocycles. The number of fused-ring (bicyclic) bond motifs is 1. The third-order valence-electron chi connectivity index (χ3n) is 5.01. The number of hydrogen-bond donors (Lipinski definition) is 2. The lowest BCUT2D eigenvalue weighted by atomic mass is 10.1. The summed E-state index contributed by atoms with van der Waals surface area (Å²) < 4.78 is 57.2.